The number of methoxy groups -OCH3 is 1. The fourth-order valence-electron chi connectivity index (χ4n) is 1.57. The summed E-state index contributed by atoms with van der Waals surface area (Å²) in [6.07, 6.45) is 0. The fourth-order valence-corrected chi connectivity index (χ4v) is 2.88. The molecule has 0 radical (unpaired) electrons. The van der Waals surface area contributed by atoms with Crippen molar-refractivity contribution in [1.82, 2.24) is 4.72 Å². The van der Waals surface area contributed by atoms with Crippen LogP contribution in [0, 0.1) is 12.7 Å². The maximum atomic E-state index is 13.6. The van der Waals surface area contributed by atoms with Crippen molar-refractivity contribution < 1.29 is 32.2 Å². The molecule has 0 amide bonds. The third-order valence-corrected chi connectivity index (χ3v) is 4.18. The highest BCUT2D eigenvalue weighted by molar-refractivity contribution is 7.89. The van der Waals surface area contributed by atoms with Crippen LogP contribution >= 0.6 is 0 Å². The van der Waals surface area contributed by atoms with Gasteiger partial charge in [0.1, 0.15) is 11.9 Å². The number of carbonyl (C=O) groups excluding carboxylic acids is 1. The zero-order valence-electron chi connectivity index (χ0n) is 11.5. The number of carbonyl (C=O) groups is 2. The van der Waals surface area contributed by atoms with Gasteiger partial charge in [-0.05, 0) is 31.5 Å². The molecule has 116 valence electrons. The fraction of sp³-hybridized carbons (Fsp3) is 0.333. The van der Waals surface area contributed by atoms with Crippen LogP contribution in [0.25, 0.3) is 0 Å². The van der Waals surface area contributed by atoms with Crippen molar-refractivity contribution in [2.75, 3.05) is 7.11 Å². The van der Waals surface area contributed by atoms with Crippen LogP contribution < -0.4 is 4.72 Å². The smallest absolute Gasteiger partial charge is 0.338 e. The average Bonchev–Trinajstić information content (AvgIpc) is 2.39. The highest BCUT2D eigenvalue weighted by atomic mass is 32.2. The maximum Gasteiger partial charge on any atom is 0.338 e. The Kier molecular flexibility index (Phi) is 5.02. The Morgan fingerprint density at radius 1 is 1.38 bits per heavy atom. The molecule has 0 saturated carbocycles. The Balaban J connectivity index is 3.27. The summed E-state index contributed by atoms with van der Waals surface area (Å²) in [5.74, 6) is -3.41. The lowest BCUT2D eigenvalue weighted by molar-refractivity contribution is -0.142. The van der Waals surface area contributed by atoms with E-state index in [9.17, 15) is 22.4 Å². The second kappa shape index (κ2) is 6.19. The van der Waals surface area contributed by atoms with Gasteiger partial charge in [-0.25, -0.2) is 17.6 Å². The number of nitrogens with one attached hydrogen (secondary N) is 1. The number of esters is 1. The molecule has 21 heavy (non-hydrogen) atoms. The zero-order chi connectivity index (χ0) is 16.4. The first-order chi connectivity index (χ1) is 9.60. The van der Waals surface area contributed by atoms with Crippen LogP contribution in [0.5, 0.6) is 0 Å². The van der Waals surface area contributed by atoms with E-state index in [1.807, 2.05) is 4.72 Å². The number of carboxylic acids is 1. The molecule has 0 unspecified atom stereocenters. The second-order valence-corrected chi connectivity index (χ2v) is 5.99. The van der Waals surface area contributed by atoms with E-state index in [-0.39, 0.29) is 5.56 Å². The molecule has 1 atom stereocenters. The molecular weight excluding hydrogens is 305 g/mol. The lowest BCUT2D eigenvalue weighted by Gasteiger charge is -2.13. The number of aryl methyl sites for hydroxylation is 1. The molecule has 1 rings (SSSR count). The first-order valence-electron chi connectivity index (χ1n) is 5.73. The van der Waals surface area contributed by atoms with E-state index in [0.29, 0.717) is 6.07 Å². The Morgan fingerprint density at radius 3 is 2.43 bits per heavy atom. The lowest BCUT2D eigenvalue weighted by atomic mass is 10.1. The van der Waals surface area contributed by atoms with Crippen LogP contribution in [0.15, 0.2) is 17.0 Å². The van der Waals surface area contributed by atoms with Crippen LogP contribution in [-0.4, -0.2) is 38.6 Å². The predicted octanol–water partition coefficient (Wildman–Crippen LogP) is 0.672. The van der Waals surface area contributed by atoms with Crippen LogP contribution in [0.4, 0.5) is 4.39 Å². The summed E-state index contributed by atoms with van der Waals surface area (Å²) in [6.45, 7) is 2.50. The van der Waals surface area contributed by atoms with E-state index in [2.05, 4.69) is 4.74 Å². The van der Waals surface area contributed by atoms with Crippen LogP contribution in [0.2, 0.25) is 0 Å². The van der Waals surface area contributed by atoms with Gasteiger partial charge in [-0.1, -0.05) is 0 Å². The van der Waals surface area contributed by atoms with Crippen LogP contribution in [0.1, 0.15) is 22.8 Å². The number of halogens is 1. The molecule has 0 heterocycles. The summed E-state index contributed by atoms with van der Waals surface area (Å²) in [5.41, 5.74) is -0.901. The maximum absolute atomic E-state index is 13.6. The molecule has 1 aromatic carbocycles. The van der Waals surface area contributed by atoms with Crippen LogP contribution in [-0.2, 0) is 19.6 Å². The van der Waals surface area contributed by atoms with Gasteiger partial charge in [-0.3, -0.25) is 4.79 Å². The summed E-state index contributed by atoms with van der Waals surface area (Å²) >= 11 is 0. The van der Waals surface area contributed by atoms with E-state index in [1.54, 1.807) is 0 Å². The molecule has 0 bridgehead atoms. The number of hydrogen-bond donors (Lipinski definition) is 2. The molecule has 0 aliphatic carbocycles. The number of rotatable bonds is 5. The van der Waals surface area contributed by atoms with Crippen molar-refractivity contribution in [3.05, 3.63) is 29.1 Å². The topological polar surface area (TPSA) is 110 Å². The van der Waals surface area contributed by atoms with E-state index >= 15 is 0 Å². The Morgan fingerprint density at radius 2 is 1.95 bits per heavy atom. The zero-order valence-corrected chi connectivity index (χ0v) is 12.3. The highest BCUT2D eigenvalue weighted by Crippen LogP contribution is 2.19. The third-order valence-electron chi connectivity index (χ3n) is 2.66. The molecule has 0 aliphatic rings. The highest BCUT2D eigenvalue weighted by Gasteiger charge is 2.25. The summed E-state index contributed by atoms with van der Waals surface area (Å²) in [4.78, 5) is 21.7. The predicted molar refractivity (Wildman–Crippen MR) is 69.9 cm³/mol. The minimum absolute atomic E-state index is 0.138. The number of carboxylic acid groups (broad SMARTS) is 1. The van der Waals surface area contributed by atoms with Crippen molar-refractivity contribution in [2.24, 2.45) is 0 Å². The summed E-state index contributed by atoms with van der Waals surface area (Å²) < 4.78 is 44.1. The number of hydrogen-bond acceptors (Lipinski definition) is 5. The largest absolute Gasteiger partial charge is 0.478 e. The van der Waals surface area contributed by atoms with Gasteiger partial charge in [-0.15, -0.1) is 0 Å². The number of aromatic carboxylic acids is 1. The monoisotopic (exact) mass is 319 g/mol. The van der Waals surface area contributed by atoms with Crippen molar-refractivity contribution in [3.8, 4) is 0 Å². The van der Waals surface area contributed by atoms with Gasteiger partial charge in [0.2, 0.25) is 10.0 Å². The molecule has 0 spiro atoms. The van der Waals surface area contributed by atoms with Crippen molar-refractivity contribution in [3.63, 3.8) is 0 Å². The SMILES string of the molecule is COC(=O)[C@H](C)NS(=O)(=O)c1cc(C)c(F)c(C(=O)O)c1. The summed E-state index contributed by atoms with van der Waals surface area (Å²) in [7, 11) is -3.10. The first-order valence-corrected chi connectivity index (χ1v) is 7.22. The van der Waals surface area contributed by atoms with Crippen molar-refractivity contribution in [2.45, 2.75) is 24.8 Å². The molecule has 9 heteroatoms. The summed E-state index contributed by atoms with van der Waals surface area (Å²) in [6, 6.07) is 0.504. The van der Waals surface area contributed by atoms with Crippen molar-refractivity contribution in [1.29, 1.82) is 0 Å². The molecule has 7 nitrogen and oxygen atoms in total. The summed E-state index contributed by atoms with van der Waals surface area (Å²) in [5, 5.41) is 8.86. The van der Waals surface area contributed by atoms with Crippen molar-refractivity contribution >= 4 is 22.0 Å². The van der Waals surface area contributed by atoms with Gasteiger partial charge in [0.25, 0.3) is 0 Å². The van der Waals surface area contributed by atoms with Gasteiger partial charge in [0.05, 0.1) is 17.6 Å². The second-order valence-electron chi connectivity index (χ2n) is 4.27. The molecule has 1 aromatic rings. The minimum atomic E-state index is -4.19. The standard InChI is InChI=1S/C12H14FNO6S/c1-6-4-8(5-9(10(6)13)11(15)16)21(18,19)14-7(2)12(17)20-3/h4-5,7,14H,1-3H3,(H,15,16)/t7-/m0/s1. The molecule has 0 aliphatic heterocycles. The minimum Gasteiger partial charge on any atom is -0.478 e. The first kappa shape index (κ1) is 17.1. The van der Waals surface area contributed by atoms with Gasteiger partial charge in [0.15, 0.2) is 0 Å². The van der Waals surface area contributed by atoms with Gasteiger partial charge >= 0.3 is 11.9 Å². The third kappa shape index (κ3) is 3.76. The van der Waals surface area contributed by atoms with Gasteiger partial charge < -0.3 is 9.84 Å². The molecule has 0 saturated heterocycles. The van der Waals surface area contributed by atoms with Gasteiger partial charge in [-0.2, -0.15) is 4.72 Å². The average molecular weight is 319 g/mol. The number of ether oxygens (including phenoxy) is 1. The Labute approximate surface area is 120 Å². The normalized spacial score (nSPS) is 12.8. The Hall–Kier alpha value is -2.00. The molecule has 0 aromatic heterocycles. The number of sulfonamides is 1. The van der Waals surface area contributed by atoms with E-state index in [1.165, 1.54) is 13.8 Å². The van der Waals surface area contributed by atoms with Gasteiger partial charge in [0, 0.05) is 0 Å². The molecule has 2 N–H and O–H groups in total. The Bertz CT molecular complexity index is 685. The van der Waals surface area contributed by atoms with Crippen LogP contribution in [0.3, 0.4) is 0 Å². The lowest BCUT2D eigenvalue weighted by Crippen LogP contribution is -2.39. The molecular formula is C12H14FNO6S. The van der Waals surface area contributed by atoms with E-state index in [4.69, 9.17) is 5.11 Å². The quantitative estimate of drug-likeness (QED) is 0.772. The number of benzene rings is 1. The van der Waals surface area contributed by atoms with E-state index in [0.717, 1.165) is 13.2 Å². The molecule has 0 fully saturated rings. The van der Waals surface area contributed by atoms with E-state index < -0.39 is 44.3 Å².